The molecule has 0 saturated heterocycles. The summed E-state index contributed by atoms with van der Waals surface area (Å²) in [5, 5.41) is 12.7. The number of thiazole rings is 1. The molecule has 0 unspecified atom stereocenters. The van der Waals surface area contributed by atoms with Crippen molar-refractivity contribution in [3.8, 4) is 0 Å². The highest BCUT2D eigenvalue weighted by atomic mass is 35.5. The molecule has 0 bridgehead atoms. The van der Waals surface area contributed by atoms with E-state index in [0.29, 0.717) is 41.2 Å². The molecule has 0 spiro atoms. The number of carbonyl (C=O) groups is 1. The first kappa shape index (κ1) is 27.4. The first-order valence-corrected chi connectivity index (χ1v) is 14.0. The number of allylic oxidation sites excluding steroid dienone is 1. The highest BCUT2D eigenvalue weighted by Crippen LogP contribution is 2.34. The standard InChI is InChI=1S/C27H20ClN5O5S2/c1-3-38-25(35)22-15(2)31-27-32(23(22)17-6-8-18(28)9-7-17)24(34)21(40-27)14-16-5-10-20(19(13-16)33(36)37)39-26-29-11-4-12-30-26/h4-14,23H,3H2,1-2H3/b21-14+/t23-/m0/s1. The minimum Gasteiger partial charge on any atom is -0.463 e. The van der Waals surface area contributed by atoms with Gasteiger partial charge in [-0.05, 0) is 67.1 Å². The summed E-state index contributed by atoms with van der Waals surface area (Å²) in [6.07, 6.45) is 4.69. The number of hydrogen-bond acceptors (Lipinski definition) is 10. The van der Waals surface area contributed by atoms with Crippen molar-refractivity contribution < 1.29 is 14.5 Å². The topological polar surface area (TPSA) is 130 Å². The van der Waals surface area contributed by atoms with E-state index >= 15 is 0 Å². The summed E-state index contributed by atoms with van der Waals surface area (Å²) in [4.78, 5) is 51.6. The predicted octanol–water partition coefficient (Wildman–Crippen LogP) is 4.30. The number of nitro benzene ring substituents is 1. The highest BCUT2D eigenvalue weighted by Gasteiger charge is 2.33. The Hall–Kier alpha value is -4.13. The third-order valence-electron chi connectivity index (χ3n) is 5.92. The summed E-state index contributed by atoms with van der Waals surface area (Å²) >= 11 is 8.30. The fraction of sp³-hybridized carbons (Fsp3) is 0.148. The first-order chi connectivity index (χ1) is 19.3. The Labute approximate surface area is 240 Å². The van der Waals surface area contributed by atoms with Gasteiger partial charge in [0.1, 0.15) is 0 Å². The molecule has 0 aliphatic carbocycles. The number of halogens is 1. The van der Waals surface area contributed by atoms with E-state index in [0.717, 1.165) is 23.1 Å². The molecule has 1 aliphatic rings. The lowest BCUT2D eigenvalue weighted by atomic mass is 9.96. The minimum absolute atomic E-state index is 0.140. The highest BCUT2D eigenvalue weighted by molar-refractivity contribution is 7.99. The number of rotatable bonds is 7. The monoisotopic (exact) mass is 593 g/mol. The Morgan fingerprint density at radius 3 is 2.62 bits per heavy atom. The second-order valence-corrected chi connectivity index (χ2v) is 10.9. The minimum atomic E-state index is -0.784. The smallest absolute Gasteiger partial charge is 0.338 e. The van der Waals surface area contributed by atoms with Crippen LogP contribution in [-0.2, 0) is 9.53 Å². The zero-order chi connectivity index (χ0) is 28.4. The molecular formula is C27H20ClN5O5S2. The van der Waals surface area contributed by atoms with E-state index in [9.17, 15) is 19.7 Å². The van der Waals surface area contributed by atoms with E-state index < -0.39 is 22.5 Å². The molecule has 4 aromatic rings. The largest absolute Gasteiger partial charge is 0.463 e. The fourth-order valence-corrected chi connectivity index (χ4v) is 6.16. The van der Waals surface area contributed by atoms with Crippen molar-refractivity contribution >= 4 is 52.4 Å². The van der Waals surface area contributed by atoms with Crippen LogP contribution < -0.4 is 14.9 Å². The van der Waals surface area contributed by atoms with Gasteiger partial charge in [-0.2, -0.15) is 0 Å². The summed E-state index contributed by atoms with van der Waals surface area (Å²) in [7, 11) is 0. The van der Waals surface area contributed by atoms with Gasteiger partial charge in [0, 0.05) is 23.5 Å². The lowest BCUT2D eigenvalue weighted by Crippen LogP contribution is -2.39. The molecule has 0 amide bonds. The van der Waals surface area contributed by atoms with Crippen molar-refractivity contribution in [3.63, 3.8) is 0 Å². The lowest BCUT2D eigenvalue weighted by molar-refractivity contribution is -0.387. The molecule has 0 radical (unpaired) electrons. The van der Waals surface area contributed by atoms with Gasteiger partial charge in [-0.25, -0.2) is 19.8 Å². The molecule has 10 nitrogen and oxygen atoms in total. The van der Waals surface area contributed by atoms with Crippen LogP contribution in [0.15, 0.2) is 92.0 Å². The van der Waals surface area contributed by atoms with Gasteiger partial charge in [-0.15, -0.1) is 0 Å². The fourth-order valence-electron chi connectivity index (χ4n) is 4.19. The SMILES string of the molecule is CCOC(=O)C1=C(C)N=c2s/c(=C/c3ccc(Sc4ncccn4)c([N+](=O)[O-])c3)c(=O)n2[C@H]1c1ccc(Cl)cc1. The maximum atomic E-state index is 13.8. The van der Waals surface area contributed by atoms with Crippen molar-refractivity contribution in [2.45, 2.75) is 29.9 Å². The Kier molecular flexibility index (Phi) is 7.92. The van der Waals surface area contributed by atoms with Crippen molar-refractivity contribution in [1.29, 1.82) is 0 Å². The summed E-state index contributed by atoms with van der Waals surface area (Å²) in [6.45, 7) is 3.56. The van der Waals surface area contributed by atoms with Gasteiger partial charge in [0.2, 0.25) is 0 Å². The van der Waals surface area contributed by atoms with Gasteiger partial charge in [0.05, 0.1) is 38.3 Å². The number of esters is 1. The molecule has 5 rings (SSSR count). The van der Waals surface area contributed by atoms with E-state index in [2.05, 4.69) is 15.0 Å². The van der Waals surface area contributed by atoms with Crippen LogP contribution in [0, 0.1) is 10.1 Å². The Balaban J connectivity index is 1.62. The Morgan fingerprint density at radius 1 is 1.23 bits per heavy atom. The zero-order valence-corrected chi connectivity index (χ0v) is 23.5. The van der Waals surface area contributed by atoms with Crippen LogP contribution in [0.3, 0.4) is 0 Å². The quantitative estimate of drug-likeness (QED) is 0.134. The van der Waals surface area contributed by atoms with Crippen LogP contribution >= 0.6 is 34.7 Å². The van der Waals surface area contributed by atoms with Gasteiger partial charge in [-0.1, -0.05) is 41.1 Å². The molecule has 40 heavy (non-hydrogen) atoms. The molecule has 2 aromatic carbocycles. The number of hydrogen-bond donors (Lipinski definition) is 0. The molecule has 1 atom stereocenters. The normalized spacial score (nSPS) is 15.0. The molecule has 0 N–H and O–H groups in total. The molecular weight excluding hydrogens is 574 g/mol. The zero-order valence-electron chi connectivity index (χ0n) is 21.1. The third-order valence-corrected chi connectivity index (χ3v) is 8.12. The number of aromatic nitrogens is 3. The number of nitro groups is 1. The van der Waals surface area contributed by atoms with Crippen molar-refractivity contribution in [3.05, 3.63) is 118 Å². The Morgan fingerprint density at radius 2 is 1.95 bits per heavy atom. The van der Waals surface area contributed by atoms with E-state index in [1.54, 1.807) is 74.8 Å². The van der Waals surface area contributed by atoms with Gasteiger partial charge in [0.25, 0.3) is 11.2 Å². The number of benzene rings is 2. The van der Waals surface area contributed by atoms with Crippen LogP contribution in [0.5, 0.6) is 0 Å². The maximum Gasteiger partial charge on any atom is 0.338 e. The molecule has 3 heterocycles. The number of carbonyl (C=O) groups excluding carboxylic acids is 1. The maximum absolute atomic E-state index is 13.8. The van der Waals surface area contributed by atoms with Crippen LogP contribution in [0.1, 0.15) is 31.0 Å². The van der Waals surface area contributed by atoms with E-state index in [1.807, 2.05) is 0 Å². The first-order valence-electron chi connectivity index (χ1n) is 11.9. The molecule has 0 fully saturated rings. The molecule has 0 saturated carbocycles. The van der Waals surface area contributed by atoms with Gasteiger partial charge >= 0.3 is 5.97 Å². The van der Waals surface area contributed by atoms with Crippen LogP contribution in [0.4, 0.5) is 5.69 Å². The van der Waals surface area contributed by atoms with Crippen molar-refractivity contribution in [1.82, 2.24) is 14.5 Å². The average molecular weight is 594 g/mol. The summed E-state index contributed by atoms with van der Waals surface area (Å²) in [5.41, 5.74) is 1.28. The van der Waals surface area contributed by atoms with E-state index in [1.165, 1.54) is 10.6 Å². The van der Waals surface area contributed by atoms with Crippen LogP contribution in [-0.4, -0.2) is 32.0 Å². The third kappa shape index (κ3) is 5.46. The van der Waals surface area contributed by atoms with Crippen molar-refractivity contribution in [2.75, 3.05) is 6.61 Å². The second-order valence-electron chi connectivity index (χ2n) is 8.47. The number of fused-ring (bicyclic) bond motifs is 1. The molecule has 202 valence electrons. The summed E-state index contributed by atoms with van der Waals surface area (Å²) < 4.78 is 7.05. The number of ether oxygens (including phenoxy) is 1. The number of nitrogens with zero attached hydrogens (tertiary/aromatic N) is 5. The van der Waals surface area contributed by atoms with Crippen LogP contribution in [0.2, 0.25) is 5.02 Å². The van der Waals surface area contributed by atoms with E-state index in [-0.39, 0.29) is 17.9 Å². The van der Waals surface area contributed by atoms with Gasteiger partial charge in [-0.3, -0.25) is 19.5 Å². The predicted molar refractivity (Wildman–Crippen MR) is 151 cm³/mol. The second kappa shape index (κ2) is 11.5. The lowest BCUT2D eigenvalue weighted by Gasteiger charge is -2.24. The molecule has 13 heteroatoms. The van der Waals surface area contributed by atoms with Gasteiger partial charge in [0.15, 0.2) is 9.96 Å². The van der Waals surface area contributed by atoms with Gasteiger partial charge < -0.3 is 4.74 Å². The molecule has 1 aliphatic heterocycles. The molecule has 2 aromatic heterocycles. The van der Waals surface area contributed by atoms with Crippen LogP contribution in [0.25, 0.3) is 6.08 Å². The average Bonchev–Trinajstić information content (AvgIpc) is 3.23. The van der Waals surface area contributed by atoms with E-state index in [4.69, 9.17) is 16.3 Å². The van der Waals surface area contributed by atoms with Crippen molar-refractivity contribution in [2.24, 2.45) is 4.99 Å². The Bertz CT molecular complexity index is 1840. The summed E-state index contributed by atoms with van der Waals surface area (Å²) in [6, 6.07) is 12.4. The summed E-state index contributed by atoms with van der Waals surface area (Å²) in [5.74, 6) is -0.566.